The molecule has 0 aliphatic rings. The minimum absolute atomic E-state index is 0.0528. The molecule has 0 saturated carbocycles. The van der Waals surface area contributed by atoms with E-state index in [0.29, 0.717) is 22.7 Å². The Labute approximate surface area is 171 Å². The second-order valence-corrected chi connectivity index (χ2v) is 7.18. The van der Waals surface area contributed by atoms with Gasteiger partial charge in [0.25, 0.3) is 0 Å². The van der Waals surface area contributed by atoms with Crippen LogP contribution in [0.25, 0.3) is 11.4 Å². The highest BCUT2D eigenvalue weighted by Crippen LogP contribution is 2.29. The lowest BCUT2D eigenvalue weighted by Gasteiger charge is -2.32. The highest BCUT2D eigenvalue weighted by molar-refractivity contribution is 6.30. The predicted molar refractivity (Wildman–Crippen MR) is 112 cm³/mol. The molecular formula is C20H30ClN5O2. The Morgan fingerprint density at radius 1 is 1.18 bits per heavy atom. The van der Waals surface area contributed by atoms with Gasteiger partial charge in [-0.3, -0.25) is 0 Å². The molecule has 0 unspecified atom stereocenters. The Kier molecular flexibility index (Phi) is 8.73. The Morgan fingerprint density at radius 3 is 2.50 bits per heavy atom. The molecule has 3 N–H and O–H groups in total. The number of aliphatic hydroxyl groups excluding tert-OH is 1. The summed E-state index contributed by atoms with van der Waals surface area (Å²) >= 11 is 5.91. The third-order valence-corrected chi connectivity index (χ3v) is 5.31. The van der Waals surface area contributed by atoms with E-state index in [-0.39, 0.29) is 18.6 Å². The molecule has 154 valence electrons. The van der Waals surface area contributed by atoms with Crippen molar-refractivity contribution >= 4 is 17.6 Å². The highest BCUT2D eigenvalue weighted by atomic mass is 35.5. The predicted octanol–water partition coefficient (Wildman–Crippen LogP) is 3.63. The fourth-order valence-corrected chi connectivity index (χ4v) is 3.10. The molecule has 0 radical (unpaired) electrons. The van der Waals surface area contributed by atoms with Crippen molar-refractivity contribution in [3.63, 3.8) is 0 Å². The van der Waals surface area contributed by atoms with E-state index in [4.69, 9.17) is 16.1 Å². The SMILES string of the molecule is CCNC(=NCc1nc(-c2ccc(Cl)cc2)no1)NCC(CC)(CC)CCO. The Hall–Kier alpha value is -2.12. The summed E-state index contributed by atoms with van der Waals surface area (Å²) in [5, 5.41) is 20.7. The number of rotatable bonds is 10. The maximum atomic E-state index is 9.39. The summed E-state index contributed by atoms with van der Waals surface area (Å²) in [7, 11) is 0. The number of benzene rings is 1. The topological polar surface area (TPSA) is 95.6 Å². The number of hydrogen-bond acceptors (Lipinski definition) is 5. The molecule has 0 aliphatic carbocycles. The van der Waals surface area contributed by atoms with Crippen molar-refractivity contribution < 1.29 is 9.63 Å². The van der Waals surface area contributed by atoms with Gasteiger partial charge in [0, 0.05) is 30.3 Å². The minimum atomic E-state index is 0.0528. The first-order valence-electron chi connectivity index (χ1n) is 9.77. The summed E-state index contributed by atoms with van der Waals surface area (Å²) < 4.78 is 5.31. The first-order chi connectivity index (χ1) is 13.6. The Morgan fingerprint density at radius 2 is 1.89 bits per heavy atom. The van der Waals surface area contributed by atoms with Gasteiger partial charge in [-0.1, -0.05) is 30.6 Å². The minimum Gasteiger partial charge on any atom is -0.396 e. The van der Waals surface area contributed by atoms with Crippen molar-refractivity contribution in [1.82, 2.24) is 20.8 Å². The molecule has 0 bridgehead atoms. The summed E-state index contributed by atoms with van der Waals surface area (Å²) in [6.45, 7) is 8.28. The average molecular weight is 408 g/mol. The molecule has 0 amide bonds. The molecule has 2 aromatic rings. The van der Waals surface area contributed by atoms with E-state index in [0.717, 1.165) is 37.9 Å². The maximum Gasteiger partial charge on any atom is 0.248 e. The summed E-state index contributed by atoms with van der Waals surface area (Å²) in [6, 6.07) is 7.28. The molecule has 28 heavy (non-hydrogen) atoms. The fourth-order valence-electron chi connectivity index (χ4n) is 2.97. The lowest BCUT2D eigenvalue weighted by Crippen LogP contribution is -2.43. The molecule has 8 heteroatoms. The van der Waals surface area contributed by atoms with Crippen molar-refractivity contribution in [2.24, 2.45) is 10.4 Å². The van der Waals surface area contributed by atoms with Gasteiger partial charge in [0.1, 0.15) is 6.54 Å². The molecule has 0 fully saturated rings. The average Bonchev–Trinajstić information content (AvgIpc) is 3.18. The molecular weight excluding hydrogens is 378 g/mol. The number of aliphatic imine (C=N–C) groups is 1. The van der Waals surface area contributed by atoms with E-state index in [9.17, 15) is 5.11 Å². The van der Waals surface area contributed by atoms with Gasteiger partial charge in [-0.25, -0.2) is 4.99 Å². The first kappa shape index (κ1) is 22.2. The fraction of sp³-hybridized carbons (Fsp3) is 0.550. The van der Waals surface area contributed by atoms with E-state index >= 15 is 0 Å². The van der Waals surface area contributed by atoms with Gasteiger partial charge in [-0.2, -0.15) is 4.98 Å². The van der Waals surface area contributed by atoms with Crippen molar-refractivity contribution in [2.75, 3.05) is 19.7 Å². The third-order valence-electron chi connectivity index (χ3n) is 5.06. The largest absolute Gasteiger partial charge is 0.396 e. The zero-order chi connectivity index (χ0) is 20.4. The van der Waals surface area contributed by atoms with E-state index in [1.165, 1.54) is 0 Å². The van der Waals surface area contributed by atoms with Crippen LogP contribution in [0.4, 0.5) is 0 Å². The van der Waals surface area contributed by atoms with Crippen LogP contribution >= 0.6 is 11.6 Å². The van der Waals surface area contributed by atoms with Gasteiger partial charge < -0.3 is 20.3 Å². The van der Waals surface area contributed by atoms with Crippen LogP contribution in [0.3, 0.4) is 0 Å². The standard InChI is InChI=1S/C20H30ClN5O2/c1-4-20(5-2,11-12-27)14-24-19(22-6-3)23-13-17-25-18(26-28-17)15-7-9-16(21)10-8-15/h7-10,27H,4-6,11-14H2,1-3H3,(H2,22,23,24). The van der Waals surface area contributed by atoms with Crippen LogP contribution in [0, 0.1) is 5.41 Å². The van der Waals surface area contributed by atoms with Gasteiger partial charge in [-0.15, -0.1) is 0 Å². The Bertz CT molecular complexity index is 741. The summed E-state index contributed by atoms with van der Waals surface area (Å²) in [4.78, 5) is 8.95. The third kappa shape index (κ3) is 6.21. The number of guanidine groups is 1. The van der Waals surface area contributed by atoms with E-state index in [1.54, 1.807) is 12.1 Å². The second-order valence-electron chi connectivity index (χ2n) is 6.75. The number of nitrogens with one attached hydrogen (secondary N) is 2. The van der Waals surface area contributed by atoms with E-state index in [1.807, 2.05) is 19.1 Å². The van der Waals surface area contributed by atoms with Crippen molar-refractivity contribution in [3.8, 4) is 11.4 Å². The van der Waals surface area contributed by atoms with Gasteiger partial charge >= 0.3 is 0 Å². The van der Waals surface area contributed by atoms with E-state index < -0.39 is 0 Å². The number of hydrogen-bond donors (Lipinski definition) is 3. The quantitative estimate of drug-likeness (QED) is 0.411. The van der Waals surface area contributed by atoms with Crippen LogP contribution in [0.1, 0.15) is 45.9 Å². The molecule has 0 spiro atoms. The number of halogens is 1. The molecule has 1 aromatic heterocycles. The first-order valence-corrected chi connectivity index (χ1v) is 10.1. The summed E-state index contributed by atoms with van der Waals surface area (Å²) in [5.74, 6) is 1.64. The van der Waals surface area contributed by atoms with Crippen LogP contribution in [0.2, 0.25) is 5.02 Å². The maximum absolute atomic E-state index is 9.39. The monoisotopic (exact) mass is 407 g/mol. The van der Waals surface area contributed by atoms with Gasteiger partial charge in [0.2, 0.25) is 11.7 Å². The lowest BCUT2D eigenvalue weighted by atomic mass is 9.79. The molecule has 7 nitrogen and oxygen atoms in total. The summed E-state index contributed by atoms with van der Waals surface area (Å²) in [6.07, 6.45) is 2.75. The normalized spacial score (nSPS) is 12.2. The molecule has 0 aliphatic heterocycles. The zero-order valence-corrected chi connectivity index (χ0v) is 17.6. The molecule has 0 atom stereocenters. The summed E-state index contributed by atoms with van der Waals surface area (Å²) in [5.41, 5.74) is 0.894. The molecule has 2 rings (SSSR count). The van der Waals surface area contributed by atoms with Gasteiger partial charge in [-0.05, 0) is 55.9 Å². The van der Waals surface area contributed by atoms with Crippen LogP contribution in [-0.2, 0) is 6.54 Å². The van der Waals surface area contributed by atoms with Crippen molar-refractivity contribution in [2.45, 2.75) is 46.6 Å². The smallest absolute Gasteiger partial charge is 0.248 e. The second kappa shape index (κ2) is 11.0. The zero-order valence-electron chi connectivity index (χ0n) is 16.8. The molecule has 0 saturated heterocycles. The van der Waals surface area contributed by atoms with Crippen molar-refractivity contribution in [1.29, 1.82) is 0 Å². The van der Waals surface area contributed by atoms with Crippen molar-refractivity contribution in [3.05, 3.63) is 35.2 Å². The number of aromatic nitrogens is 2. The molecule has 1 heterocycles. The Balaban J connectivity index is 2.03. The van der Waals surface area contributed by atoms with Crippen LogP contribution in [-0.4, -0.2) is 40.9 Å². The van der Waals surface area contributed by atoms with Gasteiger partial charge in [0.05, 0.1) is 0 Å². The van der Waals surface area contributed by atoms with Crippen LogP contribution < -0.4 is 10.6 Å². The number of aliphatic hydroxyl groups is 1. The highest BCUT2D eigenvalue weighted by Gasteiger charge is 2.25. The van der Waals surface area contributed by atoms with Crippen LogP contribution in [0.5, 0.6) is 0 Å². The van der Waals surface area contributed by atoms with Crippen LogP contribution in [0.15, 0.2) is 33.8 Å². The van der Waals surface area contributed by atoms with E-state index in [2.05, 4.69) is 39.6 Å². The van der Waals surface area contributed by atoms with Gasteiger partial charge in [0.15, 0.2) is 5.96 Å². The lowest BCUT2D eigenvalue weighted by molar-refractivity contribution is 0.169. The number of nitrogens with zero attached hydrogens (tertiary/aromatic N) is 3. The molecule has 1 aromatic carbocycles.